The maximum Gasteiger partial charge on any atom is 0.407 e. The molecule has 0 radical (unpaired) electrons. The third kappa shape index (κ3) is 7.70. The first-order valence-corrected chi connectivity index (χ1v) is 7.67. The second-order valence-electron chi connectivity index (χ2n) is 5.91. The van der Waals surface area contributed by atoms with E-state index in [-0.39, 0.29) is 0 Å². The standard InChI is InChI=1S/C15H21BrF2N2O2/c1-14(2,3)22-13(21)20-10-15(17,18)9-19-8-11-6-4-5-7-12(11)16/h4-7,19H,8-10H2,1-3H3,(H,20,21). The van der Waals surface area contributed by atoms with Crippen LogP contribution in [-0.2, 0) is 11.3 Å². The van der Waals surface area contributed by atoms with Gasteiger partial charge in [-0.1, -0.05) is 34.1 Å². The number of hydrogen-bond donors (Lipinski definition) is 2. The van der Waals surface area contributed by atoms with Gasteiger partial charge in [0.15, 0.2) is 0 Å². The Morgan fingerprint density at radius 3 is 2.45 bits per heavy atom. The van der Waals surface area contributed by atoms with Gasteiger partial charge in [-0.05, 0) is 32.4 Å². The molecule has 0 aliphatic rings. The summed E-state index contributed by atoms with van der Waals surface area (Å²) in [6.45, 7) is 4.01. The molecular weight excluding hydrogens is 358 g/mol. The van der Waals surface area contributed by atoms with Crippen molar-refractivity contribution in [2.75, 3.05) is 13.1 Å². The quantitative estimate of drug-likeness (QED) is 0.793. The highest BCUT2D eigenvalue weighted by atomic mass is 79.9. The van der Waals surface area contributed by atoms with Crippen molar-refractivity contribution in [2.24, 2.45) is 0 Å². The summed E-state index contributed by atoms with van der Waals surface area (Å²) < 4.78 is 33.1. The summed E-state index contributed by atoms with van der Waals surface area (Å²) in [6, 6.07) is 7.38. The summed E-state index contributed by atoms with van der Waals surface area (Å²) in [5.74, 6) is -3.06. The molecule has 2 N–H and O–H groups in total. The molecule has 1 aromatic rings. The Hall–Kier alpha value is -1.21. The fourth-order valence-electron chi connectivity index (χ4n) is 1.60. The smallest absolute Gasteiger partial charge is 0.407 e. The lowest BCUT2D eigenvalue weighted by Gasteiger charge is -2.22. The summed E-state index contributed by atoms with van der Waals surface area (Å²) in [6.07, 6.45) is -0.849. The Morgan fingerprint density at radius 2 is 1.86 bits per heavy atom. The largest absolute Gasteiger partial charge is 0.444 e. The Kier molecular flexibility index (Phi) is 6.74. The average Bonchev–Trinajstić information content (AvgIpc) is 2.37. The zero-order valence-electron chi connectivity index (χ0n) is 12.9. The number of halogens is 3. The lowest BCUT2D eigenvalue weighted by Crippen LogP contribution is -2.44. The lowest BCUT2D eigenvalue weighted by molar-refractivity contribution is -0.00377. The number of carbonyl (C=O) groups is 1. The third-order valence-corrected chi connectivity index (χ3v) is 3.32. The summed E-state index contributed by atoms with van der Waals surface area (Å²) in [7, 11) is 0. The van der Waals surface area contributed by atoms with Crippen molar-refractivity contribution < 1.29 is 18.3 Å². The monoisotopic (exact) mass is 378 g/mol. The van der Waals surface area contributed by atoms with Crippen LogP contribution in [0.4, 0.5) is 13.6 Å². The van der Waals surface area contributed by atoms with E-state index in [4.69, 9.17) is 4.74 Å². The molecule has 0 aromatic heterocycles. The van der Waals surface area contributed by atoms with E-state index in [9.17, 15) is 13.6 Å². The van der Waals surface area contributed by atoms with Crippen LogP contribution in [0, 0.1) is 0 Å². The summed E-state index contributed by atoms with van der Waals surface area (Å²) in [5, 5.41) is 4.76. The Balaban J connectivity index is 2.35. The van der Waals surface area contributed by atoms with E-state index in [1.54, 1.807) is 20.8 Å². The molecule has 0 aliphatic heterocycles. The lowest BCUT2D eigenvalue weighted by atomic mass is 10.2. The molecule has 1 rings (SSSR count). The fourth-order valence-corrected chi connectivity index (χ4v) is 2.02. The van der Waals surface area contributed by atoms with Crippen LogP contribution in [0.15, 0.2) is 28.7 Å². The third-order valence-electron chi connectivity index (χ3n) is 2.55. The minimum atomic E-state index is -3.06. The number of alkyl halides is 2. The molecule has 0 saturated heterocycles. The molecule has 0 bridgehead atoms. The number of benzene rings is 1. The molecule has 0 unspecified atom stereocenters. The highest BCUT2D eigenvalue weighted by Gasteiger charge is 2.30. The number of rotatable bonds is 6. The van der Waals surface area contributed by atoms with E-state index in [1.165, 1.54) is 0 Å². The van der Waals surface area contributed by atoms with Gasteiger partial charge in [-0.3, -0.25) is 0 Å². The first kappa shape index (κ1) is 18.8. The maximum absolute atomic E-state index is 13.7. The molecule has 0 heterocycles. The van der Waals surface area contributed by atoms with Crippen LogP contribution < -0.4 is 10.6 Å². The minimum absolute atomic E-state index is 0.309. The van der Waals surface area contributed by atoms with Crippen LogP contribution in [0.2, 0.25) is 0 Å². The zero-order chi connectivity index (χ0) is 16.8. The fraction of sp³-hybridized carbons (Fsp3) is 0.533. The highest BCUT2D eigenvalue weighted by Crippen LogP contribution is 2.16. The zero-order valence-corrected chi connectivity index (χ0v) is 14.5. The van der Waals surface area contributed by atoms with Gasteiger partial charge in [-0.15, -0.1) is 0 Å². The number of carbonyl (C=O) groups excluding carboxylic acids is 1. The molecule has 0 spiro atoms. The van der Waals surface area contributed by atoms with Crippen LogP contribution in [0.25, 0.3) is 0 Å². The number of nitrogens with one attached hydrogen (secondary N) is 2. The van der Waals surface area contributed by atoms with Gasteiger partial charge in [0.05, 0.1) is 13.1 Å². The van der Waals surface area contributed by atoms with Crippen molar-refractivity contribution in [3.8, 4) is 0 Å². The van der Waals surface area contributed by atoms with E-state index < -0.39 is 30.7 Å². The predicted octanol–water partition coefficient (Wildman–Crippen LogP) is 3.70. The van der Waals surface area contributed by atoms with Crippen LogP contribution >= 0.6 is 15.9 Å². The molecule has 22 heavy (non-hydrogen) atoms. The van der Waals surface area contributed by atoms with Crippen LogP contribution in [-0.4, -0.2) is 30.7 Å². The summed E-state index contributed by atoms with van der Waals surface area (Å²) in [4.78, 5) is 11.4. The van der Waals surface area contributed by atoms with E-state index in [0.29, 0.717) is 6.54 Å². The molecule has 0 saturated carbocycles. The molecule has 124 valence electrons. The Bertz CT molecular complexity index is 505. The normalized spacial score (nSPS) is 12.1. The van der Waals surface area contributed by atoms with E-state index in [0.717, 1.165) is 10.0 Å². The van der Waals surface area contributed by atoms with E-state index >= 15 is 0 Å². The second kappa shape index (κ2) is 7.87. The van der Waals surface area contributed by atoms with Crippen molar-refractivity contribution in [1.82, 2.24) is 10.6 Å². The molecule has 0 aliphatic carbocycles. The van der Waals surface area contributed by atoms with Crippen LogP contribution in [0.5, 0.6) is 0 Å². The topological polar surface area (TPSA) is 50.4 Å². The van der Waals surface area contributed by atoms with Crippen molar-refractivity contribution in [2.45, 2.75) is 38.8 Å². The maximum atomic E-state index is 13.7. The molecule has 4 nitrogen and oxygen atoms in total. The highest BCUT2D eigenvalue weighted by molar-refractivity contribution is 9.10. The van der Waals surface area contributed by atoms with Gasteiger partial charge >= 0.3 is 6.09 Å². The van der Waals surface area contributed by atoms with Crippen LogP contribution in [0.1, 0.15) is 26.3 Å². The predicted molar refractivity (Wildman–Crippen MR) is 85.0 cm³/mol. The number of alkyl carbamates (subject to hydrolysis) is 1. The second-order valence-corrected chi connectivity index (χ2v) is 6.76. The molecule has 0 fully saturated rings. The van der Waals surface area contributed by atoms with E-state index in [1.807, 2.05) is 24.3 Å². The minimum Gasteiger partial charge on any atom is -0.444 e. The van der Waals surface area contributed by atoms with Crippen LogP contribution in [0.3, 0.4) is 0 Å². The van der Waals surface area contributed by atoms with Gasteiger partial charge in [0, 0.05) is 11.0 Å². The van der Waals surface area contributed by atoms with Crippen molar-refractivity contribution in [3.05, 3.63) is 34.3 Å². The van der Waals surface area contributed by atoms with Crippen molar-refractivity contribution in [1.29, 1.82) is 0 Å². The van der Waals surface area contributed by atoms with Gasteiger partial charge in [0.25, 0.3) is 5.92 Å². The number of hydrogen-bond acceptors (Lipinski definition) is 3. The SMILES string of the molecule is CC(C)(C)OC(=O)NCC(F)(F)CNCc1ccccc1Br. The first-order chi connectivity index (χ1) is 10.1. The Morgan fingerprint density at radius 1 is 1.23 bits per heavy atom. The molecule has 1 aromatic carbocycles. The number of amides is 1. The van der Waals surface area contributed by atoms with Gasteiger partial charge in [0.2, 0.25) is 0 Å². The number of ether oxygens (including phenoxy) is 1. The van der Waals surface area contributed by atoms with Gasteiger partial charge in [0.1, 0.15) is 5.60 Å². The molecule has 0 atom stereocenters. The van der Waals surface area contributed by atoms with Crippen molar-refractivity contribution in [3.63, 3.8) is 0 Å². The van der Waals surface area contributed by atoms with Gasteiger partial charge < -0.3 is 15.4 Å². The summed E-state index contributed by atoms with van der Waals surface area (Å²) in [5.41, 5.74) is 0.176. The van der Waals surface area contributed by atoms with Crippen molar-refractivity contribution >= 4 is 22.0 Å². The van der Waals surface area contributed by atoms with Gasteiger partial charge in [-0.25, -0.2) is 13.6 Å². The molecular formula is C15H21BrF2N2O2. The van der Waals surface area contributed by atoms with E-state index in [2.05, 4.69) is 26.6 Å². The first-order valence-electron chi connectivity index (χ1n) is 6.88. The molecule has 1 amide bonds. The summed E-state index contributed by atoms with van der Waals surface area (Å²) >= 11 is 3.35. The molecule has 7 heteroatoms. The Labute approximate surface area is 137 Å². The average molecular weight is 379 g/mol. The van der Waals surface area contributed by atoms with Gasteiger partial charge in [-0.2, -0.15) is 0 Å².